The first-order chi connectivity index (χ1) is 10.0. The largest absolute Gasteiger partial charge is 0.381 e. The van der Waals surface area contributed by atoms with Crippen molar-refractivity contribution in [2.45, 2.75) is 24.9 Å². The Bertz CT molecular complexity index is 602. The predicted octanol–water partition coefficient (Wildman–Crippen LogP) is 2.08. The van der Waals surface area contributed by atoms with Crippen LogP contribution in [0, 0.1) is 5.82 Å². The second-order valence-corrected chi connectivity index (χ2v) is 5.66. The Labute approximate surface area is 126 Å². The van der Waals surface area contributed by atoms with E-state index in [1.54, 1.807) is 0 Å². The first kappa shape index (κ1) is 14.3. The van der Waals surface area contributed by atoms with Gasteiger partial charge in [-0.1, -0.05) is 17.7 Å². The van der Waals surface area contributed by atoms with Crippen molar-refractivity contribution in [1.82, 2.24) is 10.2 Å². The number of imide groups is 1. The van der Waals surface area contributed by atoms with Gasteiger partial charge in [0.2, 0.25) is 0 Å². The minimum atomic E-state index is -0.859. The summed E-state index contributed by atoms with van der Waals surface area (Å²) in [5.41, 5.74) is -0.326. The lowest BCUT2D eigenvalue weighted by Crippen LogP contribution is -2.51. The Hall–Kier alpha value is -1.66. The minimum absolute atomic E-state index is 0.0341. The molecule has 0 radical (unpaired) electrons. The topological polar surface area (TPSA) is 58.6 Å². The zero-order valence-electron chi connectivity index (χ0n) is 11.2. The molecular weight excluding hydrogens is 299 g/mol. The fourth-order valence-corrected chi connectivity index (χ4v) is 2.93. The SMILES string of the molecule is O=C1NC2(CCOCC2)C(=O)N1Cc1ccc(F)cc1Cl. The Morgan fingerprint density at radius 1 is 1.33 bits per heavy atom. The summed E-state index contributed by atoms with van der Waals surface area (Å²) in [6, 6.07) is 3.46. The molecule has 1 spiro atoms. The molecule has 7 heteroatoms. The Kier molecular flexibility index (Phi) is 3.59. The van der Waals surface area contributed by atoms with Gasteiger partial charge < -0.3 is 10.1 Å². The molecule has 0 aliphatic carbocycles. The van der Waals surface area contributed by atoms with E-state index in [-0.39, 0.29) is 17.5 Å². The van der Waals surface area contributed by atoms with E-state index in [1.807, 2.05) is 0 Å². The van der Waals surface area contributed by atoms with E-state index in [4.69, 9.17) is 16.3 Å². The van der Waals surface area contributed by atoms with Crippen LogP contribution in [-0.2, 0) is 16.1 Å². The van der Waals surface area contributed by atoms with Crippen molar-refractivity contribution >= 4 is 23.5 Å². The number of halogens is 2. The molecular formula is C14H14ClFN2O3. The normalized spacial score (nSPS) is 21.0. The van der Waals surface area contributed by atoms with Crippen LogP contribution in [0.5, 0.6) is 0 Å². The van der Waals surface area contributed by atoms with Gasteiger partial charge in [-0.2, -0.15) is 0 Å². The van der Waals surface area contributed by atoms with Crippen LogP contribution in [0.3, 0.4) is 0 Å². The van der Waals surface area contributed by atoms with Crippen molar-refractivity contribution in [3.63, 3.8) is 0 Å². The van der Waals surface area contributed by atoms with Gasteiger partial charge in [-0.15, -0.1) is 0 Å². The minimum Gasteiger partial charge on any atom is -0.381 e. The highest BCUT2D eigenvalue weighted by Gasteiger charge is 2.51. The van der Waals surface area contributed by atoms with Crippen molar-refractivity contribution < 1.29 is 18.7 Å². The number of amides is 3. The molecule has 0 atom stereocenters. The lowest BCUT2D eigenvalue weighted by Gasteiger charge is -2.30. The lowest BCUT2D eigenvalue weighted by molar-refractivity contribution is -0.134. The molecule has 5 nitrogen and oxygen atoms in total. The third-order valence-electron chi connectivity index (χ3n) is 3.94. The van der Waals surface area contributed by atoms with Gasteiger partial charge in [0.15, 0.2) is 0 Å². The highest BCUT2D eigenvalue weighted by Crippen LogP contribution is 2.30. The highest BCUT2D eigenvalue weighted by atomic mass is 35.5. The molecule has 0 bridgehead atoms. The van der Waals surface area contributed by atoms with Gasteiger partial charge in [-0.25, -0.2) is 9.18 Å². The number of nitrogens with zero attached hydrogens (tertiary/aromatic N) is 1. The maximum Gasteiger partial charge on any atom is 0.325 e. The number of ether oxygens (including phenoxy) is 1. The number of carbonyl (C=O) groups excluding carboxylic acids is 2. The van der Waals surface area contributed by atoms with E-state index in [0.29, 0.717) is 31.6 Å². The van der Waals surface area contributed by atoms with Crippen molar-refractivity contribution in [3.05, 3.63) is 34.6 Å². The summed E-state index contributed by atoms with van der Waals surface area (Å²) in [6.07, 6.45) is 0.927. The molecule has 2 saturated heterocycles. The second kappa shape index (κ2) is 5.27. The summed E-state index contributed by atoms with van der Waals surface area (Å²) in [4.78, 5) is 25.8. The average molecular weight is 313 g/mol. The van der Waals surface area contributed by atoms with Crippen LogP contribution in [0.4, 0.5) is 9.18 Å². The summed E-state index contributed by atoms with van der Waals surface area (Å²) in [7, 11) is 0. The standard InChI is InChI=1S/C14H14ClFN2O3/c15-11-7-10(16)2-1-9(11)8-18-12(19)14(17-13(18)20)3-5-21-6-4-14/h1-2,7H,3-6,8H2,(H,17,20). The van der Waals surface area contributed by atoms with Crippen LogP contribution in [0.2, 0.25) is 5.02 Å². The van der Waals surface area contributed by atoms with Crippen molar-refractivity contribution in [2.75, 3.05) is 13.2 Å². The second-order valence-electron chi connectivity index (χ2n) is 5.25. The first-order valence-electron chi connectivity index (χ1n) is 6.68. The predicted molar refractivity (Wildman–Crippen MR) is 73.3 cm³/mol. The van der Waals surface area contributed by atoms with Crippen LogP contribution >= 0.6 is 11.6 Å². The van der Waals surface area contributed by atoms with Gasteiger partial charge in [0.1, 0.15) is 11.4 Å². The third kappa shape index (κ3) is 2.49. The summed E-state index contributed by atoms with van der Waals surface area (Å²) >= 11 is 5.95. The zero-order chi connectivity index (χ0) is 15.0. The molecule has 1 aromatic carbocycles. The molecule has 3 rings (SSSR count). The number of nitrogens with one attached hydrogen (secondary N) is 1. The molecule has 1 N–H and O–H groups in total. The summed E-state index contributed by atoms with van der Waals surface area (Å²) in [5, 5.41) is 2.96. The molecule has 0 unspecified atom stereocenters. The molecule has 2 heterocycles. The smallest absolute Gasteiger partial charge is 0.325 e. The number of urea groups is 1. The fraction of sp³-hybridized carbons (Fsp3) is 0.429. The van der Waals surface area contributed by atoms with E-state index in [1.165, 1.54) is 18.2 Å². The average Bonchev–Trinajstić information content (AvgIpc) is 2.67. The van der Waals surface area contributed by atoms with Gasteiger partial charge in [0, 0.05) is 31.1 Å². The lowest BCUT2D eigenvalue weighted by atomic mass is 9.90. The van der Waals surface area contributed by atoms with Gasteiger partial charge in [-0.3, -0.25) is 9.69 Å². The number of rotatable bonds is 2. The van der Waals surface area contributed by atoms with E-state index in [9.17, 15) is 14.0 Å². The molecule has 3 amide bonds. The van der Waals surface area contributed by atoms with E-state index < -0.39 is 17.4 Å². The maximum absolute atomic E-state index is 13.0. The van der Waals surface area contributed by atoms with Crippen LogP contribution in [0.25, 0.3) is 0 Å². The van der Waals surface area contributed by atoms with E-state index in [2.05, 4.69) is 5.32 Å². The van der Waals surface area contributed by atoms with Gasteiger partial charge in [0.25, 0.3) is 5.91 Å². The third-order valence-corrected chi connectivity index (χ3v) is 4.29. The van der Waals surface area contributed by atoms with Gasteiger partial charge >= 0.3 is 6.03 Å². The Morgan fingerprint density at radius 3 is 2.71 bits per heavy atom. The Morgan fingerprint density at radius 2 is 2.05 bits per heavy atom. The molecule has 2 aliphatic rings. The van der Waals surface area contributed by atoms with Gasteiger partial charge in [-0.05, 0) is 17.7 Å². The van der Waals surface area contributed by atoms with Crippen molar-refractivity contribution in [2.24, 2.45) is 0 Å². The van der Waals surface area contributed by atoms with E-state index >= 15 is 0 Å². The molecule has 0 saturated carbocycles. The van der Waals surface area contributed by atoms with Crippen LogP contribution < -0.4 is 5.32 Å². The summed E-state index contributed by atoms with van der Waals surface area (Å²) in [6.45, 7) is 0.917. The molecule has 112 valence electrons. The number of hydrogen-bond donors (Lipinski definition) is 1. The monoisotopic (exact) mass is 312 g/mol. The highest BCUT2D eigenvalue weighted by molar-refractivity contribution is 6.31. The fourth-order valence-electron chi connectivity index (χ4n) is 2.70. The maximum atomic E-state index is 13.0. The first-order valence-corrected chi connectivity index (χ1v) is 7.05. The number of hydrogen-bond acceptors (Lipinski definition) is 3. The summed E-state index contributed by atoms with van der Waals surface area (Å²) in [5.74, 6) is -0.724. The van der Waals surface area contributed by atoms with Crippen molar-refractivity contribution in [1.29, 1.82) is 0 Å². The van der Waals surface area contributed by atoms with Crippen molar-refractivity contribution in [3.8, 4) is 0 Å². The van der Waals surface area contributed by atoms with Crippen LogP contribution in [0.15, 0.2) is 18.2 Å². The number of benzene rings is 1. The zero-order valence-corrected chi connectivity index (χ0v) is 12.0. The number of carbonyl (C=O) groups is 2. The molecule has 21 heavy (non-hydrogen) atoms. The van der Waals surface area contributed by atoms with E-state index in [0.717, 1.165) is 4.90 Å². The van der Waals surface area contributed by atoms with Gasteiger partial charge in [0.05, 0.1) is 6.54 Å². The molecule has 1 aromatic rings. The summed E-state index contributed by atoms with van der Waals surface area (Å²) < 4.78 is 18.3. The van der Waals surface area contributed by atoms with Crippen LogP contribution in [0.1, 0.15) is 18.4 Å². The molecule has 0 aromatic heterocycles. The molecule has 2 fully saturated rings. The quantitative estimate of drug-likeness (QED) is 0.851. The molecule has 2 aliphatic heterocycles. The van der Waals surface area contributed by atoms with Crippen LogP contribution in [-0.4, -0.2) is 35.6 Å². The Balaban J connectivity index is 1.82.